The second-order valence-electron chi connectivity index (χ2n) is 7.69. The number of anilines is 1. The van der Waals surface area contributed by atoms with Crippen LogP contribution >= 0.6 is 0 Å². The van der Waals surface area contributed by atoms with Gasteiger partial charge in [0.15, 0.2) is 0 Å². The van der Waals surface area contributed by atoms with Crippen LogP contribution in [0.15, 0.2) is 48.7 Å². The molecule has 3 aromatic rings. The smallest absolute Gasteiger partial charge is 0.417 e. The zero-order valence-corrected chi connectivity index (χ0v) is 17.7. The number of alkyl halides is 3. The van der Waals surface area contributed by atoms with Gasteiger partial charge in [-0.3, -0.25) is 9.78 Å². The first-order valence-electron chi connectivity index (χ1n) is 10.4. The fourth-order valence-electron chi connectivity index (χ4n) is 3.94. The lowest BCUT2D eigenvalue weighted by atomic mass is 10.0. The molecule has 1 fully saturated rings. The number of hydrogen-bond acceptors (Lipinski definition) is 5. The third-order valence-corrected chi connectivity index (χ3v) is 5.60. The summed E-state index contributed by atoms with van der Waals surface area (Å²) in [5, 5.41) is 3.85. The van der Waals surface area contributed by atoms with Crippen molar-refractivity contribution in [2.75, 3.05) is 19.0 Å². The maximum Gasteiger partial charge on any atom is 0.417 e. The molecule has 0 aliphatic heterocycles. The zero-order valence-electron chi connectivity index (χ0n) is 17.7. The van der Waals surface area contributed by atoms with Gasteiger partial charge in [-0.1, -0.05) is 24.3 Å². The van der Waals surface area contributed by atoms with E-state index in [1.807, 2.05) is 6.07 Å². The molecule has 1 heterocycles. The summed E-state index contributed by atoms with van der Waals surface area (Å²) in [7, 11) is 1.54. The SMILES string of the molecule is CCOC(=O)C1CC1c1ncc(CNc2ccc(C(F)(F)F)c3ccccc23)cc1OC. The molecule has 1 aliphatic rings. The number of ether oxygens (including phenoxy) is 2. The second kappa shape index (κ2) is 8.68. The number of nitrogens with zero attached hydrogens (tertiary/aromatic N) is 1. The largest absolute Gasteiger partial charge is 0.495 e. The number of methoxy groups -OCH3 is 1. The summed E-state index contributed by atoms with van der Waals surface area (Å²) in [6.45, 7) is 2.47. The van der Waals surface area contributed by atoms with Crippen LogP contribution in [0.5, 0.6) is 5.75 Å². The summed E-state index contributed by atoms with van der Waals surface area (Å²) in [6.07, 6.45) is -2.05. The van der Waals surface area contributed by atoms with Crippen LogP contribution in [0.2, 0.25) is 0 Å². The molecule has 5 nitrogen and oxygen atoms in total. The lowest BCUT2D eigenvalue weighted by Gasteiger charge is -2.15. The first kappa shape index (κ1) is 21.9. The molecule has 0 amide bonds. The number of carbonyl (C=O) groups is 1. The topological polar surface area (TPSA) is 60.5 Å². The van der Waals surface area contributed by atoms with Gasteiger partial charge in [-0.15, -0.1) is 0 Å². The van der Waals surface area contributed by atoms with Crippen molar-refractivity contribution in [2.45, 2.75) is 32.0 Å². The van der Waals surface area contributed by atoms with Crippen LogP contribution in [0, 0.1) is 5.92 Å². The van der Waals surface area contributed by atoms with Crippen molar-refractivity contribution in [3.63, 3.8) is 0 Å². The number of esters is 1. The molecule has 2 unspecified atom stereocenters. The van der Waals surface area contributed by atoms with Crippen LogP contribution in [0.4, 0.5) is 18.9 Å². The predicted molar refractivity (Wildman–Crippen MR) is 115 cm³/mol. The average molecular weight is 444 g/mol. The summed E-state index contributed by atoms with van der Waals surface area (Å²) in [6, 6.07) is 10.8. The summed E-state index contributed by atoms with van der Waals surface area (Å²) < 4.78 is 50.6. The molecule has 0 radical (unpaired) electrons. The summed E-state index contributed by atoms with van der Waals surface area (Å²) in [4.78, 5) is 16.4. The van der Waals surface area contributed by atoms with E-state index in [4.69, 9.17) is 9.47 Å². The molecular formula is C24H23F3N2O3. The highest BCUT2D eigenvalue weighted by Crippen LogP contribution is 2.50. The molecule has 8 heteroatoms. The van der Waals surface area contributed by atoms with Crippen LogP contribution in [-0.2, 0) is 22.3 Å². The van der Waals surface area contributed by atoms with E-state index in [2.05, 4.69) is 10.3 Å². The van der Waals surface area contributed by atoms with E-state index in [0.29, 0.717) is 42.1 Å². The number of carbonyl (C=O) groups excluding carboxylic acids is 1. The minimum atomic E-state index is -4.42. The number of pyridine rings is 1. The Morgan fingerprint density at radius 3 is 2.62 bits per heavy atom. The van der Waals surface area contributed by atoms with E-state index < -0.39 is 11.7 Å². The third kappa shape index (κ3) is 4.35. The van der Waals surface area contributed by atoms with Gasteiger partial charge in [-0.25, -0.2) is 0 Å². The highest BCUT2D eigenvalue weighted by atomic mass is 19.4. The van der Waals surface area contributed by atoms with Crippen LogP contribution < -0.4 is 10.1 Å². The standard InChI is InChI=1S/C24H23F3N2O3/c1-3-32-23(30)18-11-17(18)22-21(31-2)10-14(13-29-22)12-28-20-9-8-19(24(25,26)27)15-6-4-5-7-16(15)20/h4-10,13,17-18,28H,3,11-12H2,1-2H3. The normalized spacial score (nSPS) is 17.8. The van der Waals surface area contributed by atoms with Crippen LogP contribution in [0.25, 0.3) is 10.8 Å². The molecule has 2 aromatic carbocycles. The van der Waals surface area contributed by atoms with E-state index >= 15 is 0 Å². The molecule has 0 saturated heterocycles. The van der Waals surface area contributed by atoms with Crippen molar-refractivity contribution < 1.29 is 27.4 Å². The van der Waals surface area contributed by atoms with E-state index in [9.17, 15) is 18.0 Å². The molecule has 32 heavy (non-hydrogen) atoms. The highest BCUT2D eigenvalue weighted by molar-refractivity contribution is 5.96. The minimum absolute atomic E-state index is 0.0233. The molecule has 0 bridgehead atoms. The van der Waals surface area contributed by atoms with E-state index in [-0.39, 0.29) is 23.2 Å². The Bertz CT molecular complexity index is 1150. The fraction of sp³-hybridized carbons (Fsp3) is 0.333. The molecule has 2 atom stereocenters. The maximum atomic E-state index is 13.3. The molecule has 0 spiro atoms. The third-order valence-electron chi connectivity index (χ3n) is 5.60. The van der Waals surface area contributed by atoms with E-state index in [0.717, 1.165) is 11.6 Å². The number of nitrogens with one attached hydrogen (secondary N) is 1. The van der Waals surface area contributed by atoms with Gasteiger partial charge < -0.3 is 14.8 Å². The highest BCUT2D eigenvalue weighted by Gasteiger charge is 2.47. The quantitative estimate of drug-likeness (QED) is 0.485. The van der Waals surface area contributed by atoms with Gasteiger partial charge >= 0.3 is 12.1 Å². The molecule has 1 N–H and O–H groups in total. The van der Waals surface area contributed by atoms with Gasteiger partial charge in [0.1, 0.15) is 5.75 Å². The first-order chi connectivity index (χ1) is 15.3. The fourth-order valence-corrected chi connectivity index (χ4v) is 3.94. The average Bonchev–Trinajstić information content (AvgIpc) is 3.57. The Morgan fingerprint density at radius 1 is 1.19 bits per heavy atom. The van der Waals surface area contributed by atoms with Crippen molar-refractivity contribution >= 4 is 22.4 Å². The van der Waals surface area contributed by atoms with Crippen molar-refractivity contribution in [1.82, 2.24) is 4.98 Å². The van der Waals surface area contributed by atoms with Crippen LogP contribution in [-0.4, -0.2) is 24.7 Å². The zero-order chi connectivity index (χ0) is 22.9. The molecule has 168 valence electrons. The number of benzene rings is 2. The van der Waals surface area contributed by atoms with Crippen molar-refractivity contribution in [2.24, 2.45) is 5.92 Å². The van der Waals surface area contributed by atoms with Gasteiger partial charge in [0, 0.05) is 29.7 Å². The van der Waals surface area contributed by atoms with Crippen molar-refractivity contribution in [1.29, 1.82) is 0 Å². The number of fused-ring (bicyclic) bond motifs is 1. The Labute approximate surface area is 183 Å². The van der Waals surface area contributed by atoms with Crippen molar-refractivity contribution in [3.05, 3.63) is 65.5 Å². The lowest BCUT2D eigenvalue weighted by Crippen LogP contribution is -2.09. The van der Waals surface area contributed by atoms with E-state index in [1.54, 1.807) is 38.4 Å². The summed E-state index contributed by atoms with van der Waals surface area (Å²) >= 11 is 0. The predicted octanol–water partition coefficient (Wildman–Crippen LogP) is 5.54. The molecule has 1 saturated carbocycles. The van der Waals surface area contributed by atoms with Gasteiger partial charge in [0.2, 0.25) is 0 Å². The number of hydrogen-bond donors (Lipinski definition) is 1. The Hall–Kier alpha value is -3.29. The first-order valence-corrected chi connectivity index (χ1v) is 10.4. The molecule has 1 aliphatic carbocycles. The Balaban J connectivity index is 1.53. The molecular weight excluding hydrogens is 421 g/mol. The minimum Gasteiger partial charge on any atom is -0.495 e. The Morgan fingerprint density at radius 2 is 1.94 bits per heavy atom. The summed E-state index contributed by atoms with van der Waals surface area (Å²) in [5.41, 5.74) is 1.46. The van der Waals surface area contributed by atoms with Gasteiger partial charge in [0.25, 0.3) is 0 Å². The molecule has 1 aromatic heterocycles. The van der Waals surface area contributed by atoms with Crippen molar-refractivity contribution in [3.8, 4) is 5.75 Å². The number of aromatic nitrogens is 1. The Kier molecular flexibility index (Phi) is 5.95. The molecule has 4 rings (SSSR count). The summed E-state index contributed by atoms with van der Waals surface area (Å²) in [5.74, 6) is 0.142. The van der Waals surface area contributed by atoms with Gasteiger partial charge in [-0.05, 0) is 42.5 Å². The monoisotopic (exact) mass is 444 g/mol. The van der Waals surface area contributed by atoms with Crippen LogP contribution in [0.3, 0.4) is 0 Å². The second-order valence-corrected chi connectivity index (χ2v) is 7.69. The lowest BCUT2D eigenvalue weighted by molar-refractivity contribution is -0.144. The van der Waals surface area contributed by atoms with E-state index in [1.165, 1.54) is 12.1 Å². The van der Waals surface area contributed by atoms with Crippen LogP contribution in [0.1, 0.15) is 36.1 Å². The maximum absolute atomic E-state index is 13.3. The number of rotatable bonds is 7. The number of halogens is 3. The van der Waals surface area contributed by atoms with Gasteiger partial charge in [-0.2, -0.15) is 13.2 Å². The van der Waals surface area contributed by atoms with Gasteiger partial charge in [0.05, 0.1) is 30.9 Å².